The molecule has 2 aromatic rings. The minimum absolute atomic E-state index is 0.0829. The molecule has 2 aromatic carbocycles. The van der Waals surface area contributed by atoms with Crippen LogP contribution in [0.1, 0.15) is 31.1 Å². The number of benzene rings is 2. The van der Waals surface area contributed by atoms with Crippen LogP contribution in [0.5, 0.6) is 0 Å². The van der Waals surface area contributed by atoms with Crippen LogP contribution in [-0.2, 0) is 9.84 Å². The largest absolute Gasteiger partial charge is 0.295 e. The molecule has 0 aromatic heterocycles. The van der Waals surface area contributed by atoms with Gasteiger partial charge in [-0.3, -0.25) is 4.79 Å². The fraction of sp³-hybridized carbons (Fsp3) is 0.278. The molecule has 0 N–H and O–H groups in total. The lowest BCUT2D eigenvalue weighted by atomic mass is 10.2. The van der Waals surface area contributed by atoms with Crippen LogP contribution in [0.25, 0.3) is 0 Å². The fourth-order valence-electron chi connectivity index (χ4n) is 1.98. The molecule has 0 spiro atoms. The summed E-state index contributed by atoms with van der Waals surface area (Å²) in [5, 5.41) is 0. The summed E-state index contributed by atoms with van der Waals surface area (Å²) in [5.41, 5.74) is 0.504. The van der Waals surface area contributed by atoms with Crippen molar-refractivity contribution in [2.24, 2.45) is 5.92 Å². The van der Waals surface area contributed by atoms with Crippen LogP contribution >= 0.6 is 11.8 Å². The lowest BCUT2D eigenvalue weighted by molar-refractivity contribution is 0.101. The number of thioether (sulfide) groups is 1. The molecule has 0 bridgehead atoms. The molecule has 0 aliphatic rings. The van der Waals surface area contributed by atoms with Gasteiger partial charge in [0.15, 0.2) is 5.78 Å². The predicted molar refractivity (Wildman–Crippen MR) is 93.9 cm³/mol. The topological polar surface area (TPSA) is 51.2 Å². The highest BCUT2D eigenvalue weighted by atomic mass is 32.2. The SMILES string of the molecule is CC(=O)c1ccc(S(=O)(=O)c2ccc(SCC(C)C)cc2)cc1. The van der Waals surface area contributed by atoms with E-state index in [4.69, 9.17) is 0 Å². The first kappa shape index (κ1) is 17.8. The normalized spacial score (nSPS) is 11.7. The van der Waals surface area contributed by atoms with Gasteiger partial charge in [0.05, 0.1) is 9.79 Å². The molecule has 0 aliphatic heterocycles. The number of Topliss-reactive ketones (excluding diaryl/α,β-unsaturated/α-hetero) is 1. The molecule has 2 rings (SSSR count). The Balaban J connectivity index is 2.23. The second-order valence-corrected chi connectivity index (χ2v) is 8.80. The third kappa shape index (κ3) is 4.45. The Morgan fingerprint density at radius 1 is 0.957 bits per heavy atom. The summed E-state index contributed by atoms with van der Waals surface area (Å²) >= 11 is 1.72. The summed E-state index contributed by atoms with van der Waals surface area (Å²) in [6.07, 6.45) is 0. The highest BCUT2D eigenvalue weighted by Crippen LogP contribution is 2.25. The summed E-state index contributed by atoms with van der Waals surface area (Å²) in [6, 6.07) is 13.0. The Bertz CT molecular complexity index is 774. The van der Waals surface area contributed by atoms with Gasteiger partial charge in [-0.15, -0.1) is 11.8 Å². The van der Waals surface area contributed by atoms with Crippen molar-refractivity contribution in [3.63, 3.8) is 0 Å². The lowest BCUT2D eigenvalue weighted by Crippen LogP contribution is -2.02. The van der Waals surface area contributed by atoms with Crippen molar-refractivity contribution in [2.75, 3.05) is 5.75 Å². The summed E-state index contributed by atoms with van der Waals surface area (Å²) in [5.74, 6) is 1.50. The number of hydrogen-bond acceptors (Lipinski definition) is 4. The average Bonchev–Trinajstić information content (AvgIpc) is 2.53. The molecule has 0 fully saturated rings. The smallest absolute Gasteiger partial charge is 0.206 e. The maximum atomic E-state index is 12.6. The summed E-state index contributed by atoms with van der Waals surface area (Å²) in [4.78, 5) is 12.8. The highest BCUT2D eigenvalue weighted by Gasteiger charge is 2.17. The molecule has 0 atom stereocenters. The third-order valence-corrected chi connectivity index (χ3v) is 6.51. The number of carbonyl (C=O) groups excluding carboxylic acids is 1. The van der Waals surface area contributed by atoms with Gasteiger partial charge in [-0.05, 0) is 49.2 Å². The van der Waals surface area contributed by atoms with Gasteiger partial charge in [-0.25, -0.2) is 8.42 Å². The summed E-state index contributed by atoms with van der Waals surface area (Å²) in [7, 11) is -3.55. The quantitative estimate of drug-likeness (QED) is 0.571. The Hall–Kier alpha value is -1.59. The van der Waals surface area contributed by atoms with Gasteiger partial charge in [0.1, 0.15) is 0 Å². The summed E-state index contributed by atoms with van der Waals surface area (Å²) in [6.45, 7) is 5.75. The van der Waals surface area contributed by atoms with E-state index in [1.165, 1.54) is 19.1 Å². The number of carbonyl (C=O) groups is 1. The van der Waals surface area contributed by atoms with Gasteiger partial charge in [0.2, 0.25) is 9.84 Å². The first-order chi connectivity index (χ1) is 10.8. The highest BCUT2D eigenvalue weighted by molar-refractivity contribution is 7.99. The number of sulfone groups is 1. The molecule has 23 heavy (non-hydrogen) atoms. The molecular formula is C18H20O3S2. The molecule has 0 unspecified atom stereocenters. The van der Waals surface area contributed by atoms with Crippen molar-refractivity contribution >= 4 is 27.4 Å². The van der Waals surface area contributed by atoms with E-state index < -0.39 is 9.84 Å². The molecule has 122 valence electrons. The lowest BCUT2D eigenvalue weighted by Gasteiger charge is -2.08. The van der Waals surface area contributed by atoms with E-state index in [1.807, 2.05) is 12.1 Å². The van der Waals surface area contributed by atoms with Crippen molar-refractivity contribution in [3.05, 3.63) is 54.1 Å². The maximum Gasteiger partial charge on any atom is 0.206 e. The third-order valence-electron chi connectivity index (χ3n) is 3.29. The fourth-order valence-corrected chi connectivity index (χ4v) is 4.10. The average molecular weight is 348 g/mol. The minimum atomic E-state index is -3.55. The first-order valence-corrected chi connectivity index (χ1v) is 9.86. The van der Waals surface area contributed by atoms with Crippen molar-refractivity contribution in [1.29, 1.82) is 0 Å². The van der Waals surface area contributed by atoms with Gasteiger partial charge in [-0.2, -0.15) is 0 Å². The van der Waals surface area contributed by atoms with Crippen molar-refractivity contribution in [3.8, 4) is 0 Å². The first-order valence-electron chi connectivity index (χ1n) is 7.39. The van der Waals surface area contributed by atoms with Crippen LogP contribution < -0.4 is 0 Å². The number of hydrogen-bond donors (Lipinski definition) is 0. The number of ketones is 1. The zero-order valence-electron chi connectivity index (χ0n) is 13.4. The van der Waals surface area contributed by atoms with Crippen LogP contribution in [0.3, 0.4) is 0 Å². The zero-order valence-corrected chi connectivity index (χ0v) is 15.1. The molecule has 0 heterocycles. The van der Waals surface area contributed by atoms with Crippen LogP contribution in [0.2, 0.25) is 0 Å². The van der Waals surface area contributed by atoms with E-state index in [0.29, 0.717) is 11.5 Å². The second kappa shape index (κ2) is 7.32. The molecule has 0 saturated carbocycles. The van der Waals surface area contributed by atoms with E-state index in [1.54, 1.807) is 36.0 Å². The minimum Gasteiger partial charge on any atom is -0.295 e. The zero-order chi connectivity index (χ0) is 17.0. The van der Waals surface area contributed by atoms with Crippen molar-refractivity contribution in [2.45, 2.75) is 35.5 Å². The Morgan fingerprint density at radius 2 is 1.43 bits per heavy atom. The second-order valence-electron chi connectivity index (χ2n) is 5.76. The molecule has 5 heteroatoms. The van der Waals surface area contributed by atoms with Crippen LogP contribution in [0.4, 0.5) is 0 Å². The van der Waals surface area contributed by atoms with Gasteiger partial charge in [-0.1, -0.05) is 26.0 Å². The Labute approximate surface area is 142 Å². The monoisotopic (exact) mass is 348 g/mol. The van der Waals surface area contributed by atoms with Gasteiger partial charge in [0, 0.05) is 16.2 Å². The van der Waals surface area contributed by atoms with E-state index >= 15 is 0 Å². The molecule has 0 amide bonds. The standard InChI is InChI=1S/C18H20O3S2/c1-13(2)12-22-16-6-10-18(11-7-16)23(20,21)17-8-4-15(5-9-17)14(3)19/h4-11,13H,12H2,1-3H3. The van der Waals surface area contributed by atoms with Crippen LogP contribution in [0.15, 0.2) is 63.2 Å². The summed E-state index contributed by atoms with van der Waals surface area (Å²) < 4.78 is 25.2. The van der Waals surface area contributed by atoms with Gasteiger partial charge >= 0.3 is 0 Å². The molecule has 0 radical (unpaired) electrons. The van der Waals surface area contributed by atoms with Crippen molar-refractivity contribution in [1.82, 2.24) is 0 Å². The van der Waals surface area contributed by atoms with Crippen molar-refractivity contribution < 1.29 is 13.2 Å². The van der Waals surface area contributed by atoms with E-state index in [0.717, 1.165) is 10.6 Å². The Kier molecular flexibility index (Phi) is 5.65. The van der Waals surface area contributed by atoms with Crippen LogP contribution in [-0.4, -0.2) is 20.0 Å². The van der Waals surface area contributed by atoms with Crippen LogP contribution in [0, 0.1) is 5.92 Å². The van der Waals surface area contributed by atoms with E-state index in [-0.39, 0.29) is 15.6 Å². The molecular weight excluding hydrogens is 328 g/mol. The molecule has 3 nitrogen and oxygen atoms in total. The predicted octanol–water partition coefficient (Wildman–Crippen LogP) is 4.47. The molecule has 0 aliphatic carbocycles. The van der Waals surface area contributed by atoms with Gasteiger partial charge in [0.25, 0.3) is 0 Å². The Morgan fingerprint density at radius 3 is 1.87 bits per heavy atom. The van der Waals surface area contributed by atoms with E-state index in [9.17, 15) is 13.2 Å². The maximum absolute atomic E-state index is 12.6. The van der Waals surface area contributed by atoms with Gasteiger partial charge < -0.3 is 0 Å². The van der Waals surface area contributed by atoms with E-state index in [2.05, 4.69) is 13.8 Å². The molecule has 0 saturated heterocycles. The number of rotatable bonds is 6.